The maximum atomic E-state index is 12.4. The van der Waals surface area contributed by atoms with E-state index in [9.17, 15) is 13.2 Å². The molecular formula is C21H22N2O5S. The molecule has 1 N–H and O–H groups in total. The van der Waals surface area contributed by atoms with Gasteiger partial charge in [-0.1, -0.05) is 12.1 Å². The number of hydrogen-bond acceptors (Lipinski definition) is 6. The summed E-state index contributed by atoms with van der Waals surface area (Å²) in [5.74, 6) is 1.44. The molecule has 2 aromatic carbocycles. The Morgan fingerprint density at radius 1 is 1.24 bits per heavy atom. The highest BCUT2D eigenvalue weighted by Crippen LogP contribution is 2.21. The monoisotopic (exact) mass is 414 g/mol. The Hall–Kier alpha value is -2.87. The van der Waals surface area contributed by atoms with E-state index < -0.39 is 9.84 Å². The summed E-state index contributed by atoms with van der Waals surface area (Å²) in [6.45, 7) is 0.356. The molecule has 0 bridgehead atoms. The summed E-state index contributed by atoms with van der Waals surface area (Å²) in [4.78, 5) is 16.9. The lowest BCUT2D eigenvalue weighted by Gasteiger charge is -2.09. The number of amides is 1. The number of sulfone groups is 1. The molecule has 0 radical (unpaired) electrons. The van der Waals surface area contributed by atoms with E-state index in [4.69, 9.17) is 9.15 Å². The molecule has 1 amide bonds. The summed E-state index contributed by atoms with van der Waals surface area (Å²) in [5.41, 5.74) is 2.74. The molecular weight excluding hydrogens is 392 g/mol. The molecule has 4 rings (SSSR count). The van der Waals surface area contributed by atoms with Crippen molar-refractivity contribution in [1.82, 2.24) is 10.3 Å². The third-order valence-electron chi connectivity index (χ3n) is 5.09. The normalized spacial score (nSPS) is 18.0. The van der Waals surface area contributed by atoms with Crippen LogP contribution in [0.1, 0.15) is 28.2 Å². The van der Waals surface area contributed by atoms with Gasteiger partial charge in [0.2, 0.25) is 0 Å². The molecule has 1 aliphatic rings. The van der Waals surface area contributed by atoms with E-state index in [1.807, 2.05) is 24.3 Å². The van der Waals surface area contributed by atoms with E-state index in [1.165, 1.54) is 0 Å². The predicted molar refractivity (Wildman–Crippen MR) is 109 cm³/mol. The molecule has 1 aromatic heterocycles. The van der Waals surface area contributed by atoms with Gasteiger partial charge in [0, 0.05) is 18.5 Å². The lowest BCUT2D eigenvalue weighted by Crippen LogP contribution is -2.29. The van der Waals surface area contributed by atoms with Crippen molar-refractivity contribution in [2.24, 2.45) is 5.92 Å². The molecule has 8 heteroatoms. The number of benzene rings is 2. The summed E-state index contributed by atoms with van der Waals surface area (Å²) < 4.78 is 34.0. The molecule has 152 valence electrons. The Balaban J connectivity index is 1.42. The number of rotatable bonds is 6. The Morgan fingerprint density at radius 3 is 2.72 bits per heavy atom. The molecule has 3 aromatic rings. The summed E-state index contributed by atoms with van der Waals surface area (Å²) in [5, 5.41) is 2.82. The fourth-order valence-corrected chi connectivity index (χ4v) is 5.34. The number of ether oxygens (including phenoxy) is 1. The number of fused-ring (bicyclic) bond motifs is 1. The van der Waals surface area contributed by atoms with Crippen LogP contribution in [-0.4, -0.2) is 44.5 Å². The fourth-order valence-electron chi connectivity index (χ4n) is 3.48. The SMILES string of the molecule is COc1ccc(Cc2nc3ccc(C(=O)NC[C@H]4CCS(=O)(=O)C4)cc3o2)cc1. The molecule has 0 spiro atoms. The minimum absolute atomic E-state index is 0.0194. The highest BCUT2D eigenvalue weighted by molar-refractivity contribution is 7.91. The van der Waals surface area contributed by atoms with E-state index in [-0.39, 0.29) is 23.3 Å². The molecule has 1 saturated heterocycles. The van der Waals surface area contributed by atoms with Crippen molar-refractivity contribution in [2.45, 2.75) is 12.8 Å². The number of methoxy groups -OCH3 is 1. The molecule has 0 aliphatic carbocycles. The van der Waals surface area contributed by atoms with Gasteiger partial charge >= 0.3 is 0 Å². The van der Waals surface area contributed by atoms with Crippen molar-refractivity contribution < 1.29 is 22.4 Å². The second-order valence-electron chi connectivity index (χ2n) is 7.29. The second kappa shape index (κ2) is 7.87. The maximum absolute atomic E-state index is 12.4. The fraction of sp³-hybridized carbons (Fsp3) is 0.333. The molecule has 7 nitrogen and oxygen atoms in total. The average Bonchev–Trinajstić information content (AvgIpc) is 3.27. The van der Waals surface area contributed by atoms with Crippen molar-refractivity contribution in [3.63, 3.8) is 0 Å². The average molecular weight is 414 g/mol. The Labute approximate surface area is 169 Å². The molecule has 2 heterocycles. The van der Waals surface area contributed by atoms with Gasteiger partial charge in [0.25, 0.3) is 5.91 Å². The number of oxazole rings is 1. The first-order valence-corrected chi connectivity index (χ1v) is 11.2. The van der Waals surface area contributed by atoms with Crippen LogP contribution in [0.2, 0.25) is 0 Å². The van der Waals surface area contributed by atoms with Gasteiger partial charge in [0.05, 0.1) is 18.6 Å². The summed E-state index contributed by atoms with van der Waals surface area (Å²) in [6.07, 6.45) is 1.13. The van der Waals surface area contributed by atoms with Crippen LogP contribution in [-0.2, 0) is 16.3 Å². The van der Waals surface area contributed by atoms with Crippen LogP contribution >= 0.6 is 0 Å². The van der Waals surface area contributed by atoms with Crippen LogP contribution in [0.4, 0.5) is 0 Å². The summed E-state index contributed by atoms with van der Waals surface area (Å²) in [7, 11) is -1.32. The zero-order chi connectivity index (χ0) is 20.4. The molecule has 1 fully saturated rings. The van der Waals surface area contributed by atoms with Crippen molar-refractivity contribution >= 4 is 26.8 Å². The standard InChI is InChI=1S/C21H22N2O5S/c1-27-17-5-2-14(3-6-17)10-20-23-18-7-4-16(11-19(18)28-20)21(24)22-12-15-8-9-29(25,26)13-15/h2-7,11,15H,8-10,12-13H2,1H3,(H,22,24)/t15-/m1/s1. The highest BCUT2D eigenvalue weighted by Gasteiger charge is 2.28. The van der Waals surface area contributed by atoms with E-state index in [2.05, 4.69) is 10.3 Å². The largest absolute Gasteiger partial charge is 0.497 e. The lowest BCUT2D eigenvalue weighted by atomic mass is 10.1. The first-order chi connectivity index (χ1) is 13.9. The number of nitrogens with one attached hydrogen (secondary N) is 1. The molecule has 0 saturated carbocycles. The van der Waals surface area contributed by atoms with Crippen molar-refractivity contribution in [2.75, 3.05) is 25.2 Å². The summed E-state index contributed by atoms with van der Waals surface area (Å²) in [6, 6.07) is 12.8. The lowest BCUT2D eigenvalue weighted by molar-refractivity contribution is 0.0948. The third kappa shape index (κ3) is 4.59. The Kier molecular flexibility index (Phi) is 5.27. The zero-order valence-corrected chi connectivity index (χ0v) is 16.9. The maximum Gasteiger partial charge on any atom is 0.251 e. The van der Waals surface area contributed by atoms with Gasteiger partial charge in [0.1, 0.15) is 11.3 Å². The van der Waals surface area contributed by atoms with E-state index in [1.54, 1.807) is 25.3 Å². The molecule has 0 unspecified atom stereocenters. The quantitative estimate of drug-likeness (QED) is 0.666. The van der Waals surface area contributed by atoms with Crippen LogP contribution in [0.15, 0.2) is 46.9 Å². The minimum atomic E-state index is -2.95. The smallest absolute Gasteiger partial charge is 0.251 e. The highest BCUT2D eigenvalue weighted by atomic mass is 32.2. The zero-order valence-electron chi connectivity index (χ0n) is 16.1. The van der Waals surface area contributed by atoms with Gasteiger partial charge in [-0.15, -0.1) is 0 Å². The molecule has 29 heavy (non-hydrogen) atoms. The van der Waals surface area contributed by atoms with Crippen LogP contribution in [0.3, 0.4) is 0 Å². The summed E-state index contributed by atoms with van der Waals surface area (Å²) >= 11 is 0. The Bertz CT molecular complexity index is 1140. The van der Waals surface area contributed by atoms with E-state index in [0.29, 0.717) is 41.9 Å². The predicted octanol–water partition coefficient (Wildman–Crippen LogP) is 2.59. The third-order valence-corrected chi connectivity index (χ3v) is 6.92. The van der Waals surface area contributed by atoms with Gasteiger partial charge < -0.3 is 14.5 Å². The first kappa shape index (κ1) is 19.4. The number of carbonyl (C=O) groups excluding carboxylic acids is 1. The Morgan fingerprint density at radius 2 is 2.03 bits per heavy atom. The van der Waals surface area contributed by atoms with Crippen molar-refractivity contribution in [3.05, 3.63) is 59.5 Å². The van der Waals surface area contributed by atoms with Gasteiger partial charge in [-0.3, -0.25) is 4.79 Å². The van der Waals surface area contributed by atoms with Crippen molar-refractivity contribution in [3.8, 4) is 5.75 Å². The number of nitrogens with zero attached hydrogens (tertiary/aromatic N) is 1. The number of carbonyl (C=O) groups is 1. The number of hydrogen-bond donors (Lipinski definition) is 1. The van der Waals surface area contributed by atoms with Gasteiger partial charge in [-0.2, -0.15) is 0 Å². The van der Waals surface area contributed by atoms with Gasteiger partial charge in [0.15, 0.2) is 21.3 Å². The van der Waals surface area contributed by atoms with Crippen LogP contribution < -0.4 is 10.1 Å². The van der Waals surface area contributed by atoms with E-state index >= 15 is 0 Å². The number of aromatic nitrogens is 1. The van der Waals surface area contributed by atoms with Gasteiger partial charge in [-0.25, -0.2) is 13.4 Å². The molecule has 1 aliphatic heterocycles. The topological polar surface area (TPSA) is 98.5 Å². The van der Waals surface area contributed by atoms with Crippen LogP contribution in [0.5, 0.6) is 5.75 Å². The first-order valence-electron chi connectivity index (χ1n) is 9.43. The molecule has 1 atom stereocenters. The van der Waals surface area contributed by atoms with Crippen LogP contribution in [0.25, 0.3) is 11.1 Å². The van der Waals surface area contributed by atoms with Crippen LogP contribution in [0, 0.1) is 5.92 Å². The second-order valence-corrected chi connectivity index (χ2v) is 9.52. The van der Waals surface area contributed by atoms with Crippen molar-refractivity contribution in [1.29, 1.82) is 0 Å². The van der Waals surface area contributed by atoms with E-state index in [0.717, 1.165) is 11.3 Å². The van der Waals surface area contributed by atoms with Gasteiger partial charge in [-0.05, 0) is 48.2 Å². The minimum Gasteiger partial charge on any atom is -0.497 e.